The van der Waals surface area contributed by atoms with Crippen LogP contribution in [0.2, 0.25) is 0 Å². The van der Waals surface area contributed by atoms with E-state index >= 15 is 0 Å². The third-order valence-corrected chi connectivity index (χ3v) is 4.84. The van der Waals surface area contributed by atoms with Crippen LogP contribution in [0.3, 0.4) is 0 Å². The second-order valence-corrected chi connectivity index (χ2v) is 6.97. The Morgan fingerprint density at radius 1 is 0.500 bits per heavy atom. The van der Waals surface area contributed by atoms with Crippen molar-refractivity contribution in [3.8, 4) is 57.1 Å². The zero-order valence-electron chi connectivity index (χ0n) is 16.8. The number of aromatic nitrogens is 5. The van der Waals surface area contributed by atoms with Crippen LogP contribution in [0.4, 0.5) is 0 Å². The maximum Gasteiger partial charge on any atom is 0.183 e. The van der Waals surface area contributed by atoms with Crippen molar-refractivity contribution in [3.63, 3.8) is 0 Å². The van der Waals surface area contributed by atoms with Crippen LogP contribution in [0.25, 0.3) is 45.6 Å². The minimum absolute atomic E-state index is 0.0208. The molecule has 0 atom stereocenters. The highest BCUT2D eigenvalue weighted by Crippen LogP contribution is 2.31. The maximum absolute atomic E-state index is 10.3. The molecule has 1 aromatic carbocycles. The first-order chi connectivity index (χ1) is 15.7. The van der Waals surface area contributed by atoms with Gasteiger partial charge in [-0.3, -0.25) is 4.98 Å². The van der Waals surface area contributed by atoms with Crippen molar-refractivity contribution < 1.29 is 10.2 Å². The predicted octanol–water partition coefficient (Wildman–Crippen LogP) is 4.74. The van der Waals surface area contributed by atoms with E-state index in [2.05, 4.69) is 19.9 Å². The van der Waals surface area contributed by atoms with Gasteiger partial charge in [-0.2, -0.15) is 0 Å². The van der Waals surface area contributed by atoms with E-state index in [-0.39, 0.29) is 23.0 Å². The van der Waals surface area contributed by atoms with Crippen molar-refractivity contribution in [3.05, 3.63) is 91.3 Å². The first-order valence-corrected chi connectivity index (χ1v) is 9.90. The Morgan fingerprint density at radius 2 is 1.19 bits per heavy atom. The second-order valence-electron chi connectivity index (χ2n) is 6.97. The monoisotopic (exact) mass is 419 g/mol. The average molecular weight is 419 g/mol. The van der Waals surface area contributed by atoms with Gasteiger partial charge in [0.2, 0.25) is 0 Å². The fourth-order valence-electron chi connectivity index (χ4n) is 3.32. The highest BCUT2D eigenvalue weighted by molar-refractivity contribution is 5.72. The molecule has 0 radical (unpaired) electrons. The number of phenols is 1. The van der Waals surface area contributed by atoms with Crippen LogP contribution in [0.5, 0.6) is 11.5 Å². The molecule has 0 aliphatic carbocycles. The smallest absolute Gasteiger partial charge is 0.183 e. The molecule has 0 saturated carbocycles. The Hall–Kier alpha value is -4.65. The predicted molar refractivity (Wildman–Crippen MR) is 120 cm³/mol. The first-order valence-electron chi connectivity index (χ1n) is 9.90. The third-order valence-electron chi connectivity index (χ3n) is 4.84. The van der Waals surface area contributed by atoms with Crippen LogP contribution >= 0.6 is 0 Å². The number of pyridine rings is 3. The summed E-state index contributed by atoms with van der Waals surface area (Å²) in [5.41, 5.74) is 3.86. The fourth-order valence-corrected chi connectivity index (χ4v) is 3.32. The van der Waals surface area contributed by atoms with E-state index in [9.17, 15) is 10.2 Å². The Balaban J connectivity index is 1.69. The van der Waals surface area contributed by atoms with Gasteiger partial charge in [0.15, 0.2) is 5.82 Å². The van der Waals surface area contributed by atoms with E-state index in [4.69, 9.17) is 4.98 Å². The molecular formula is C25H17N5O2. The molecule has 5 rings (SSSR count). The standard InChI is InChI=1S/C25H17N5O2/c31-22-11-2-1-7-16(22)17-9-5-10-19(28-17)21-15-20(18-8-3-4-13-26-18)29-25(30-21)24-23(32)12-6-14-27-24/h1-15,31-32H. The molecule has 0 aliphatic rings. The Labute approximate surface area is 183 Å². The molecule has 0 bridgehead atoms. The quantitative estimate of drug-likeness (QED) is 0.433. The Morgan fingerprint density at radius 3 is 1.97 bits per heavy atom. The van der Waals surface area contributed by atoms with E-state index in [1.807, 2.05) is 42.5 Å². The summed E-state index contributed by atoms with van der Waals surface area (Å²) in [5, 5.41) is 20.5. The van der Waals surface area contributed by atoms with Crippen molar-refractivity contribution in [2.75, 3.05) is 0 Å². The molecule has 0 fully saturated rings. The number of nitrogens with zero attached hydrogens (tertiary/aromatic N) is 5. The van der Waals surface area contributed by atoms with Gasteiger partial charge in [-0.1, -0.05) is 24.3 Å². The highest BCUT2D eigenvalue weighted by Gasteiger charge is 2.16. The van der Waals surface area contributed by atoms with Crippen LogP contribution in [-0.2, 0) is 0 Å². The van der Waals surface area contributed by atoms with Crippen molar-refractivity contribution in [1.29, 1.82) is 0 Å². The second kappa shape index (κ2) is 8.23. The lowest BCUT2D eigenvalue weighted by molar-refractivity contribution is 0.474. The molecule has 154 valence electrons. The van der Waals surface area contributed by atoms with Crippen molar-refractivity contribution in [1.82, 2.24) is 24.9 Å². The van der Waals surface area contributed by atoms with Gasteiger partial charge >= 0.3 is 0 Å². The van der Waals surface area contributed by atoms with Gasteiger partial charge in [0, 0.05) is 18.0 Å². The number of benzene rings is 1. The van der Waals surface area contributed by atoms with Crippen LogP contribution in [0.15, 0.2) is 91.3 Å². The normalized spacial score (nSPS) is 10.8. The van der Waals surface area contributed by atoms with Gasteiger partial charge in [0.25, 0.3) is 0 Å². The molecule has 0 unspecified atom stereocenters. The minimum atomic E-state index is -0.0208. The van der Waals surface area contributed by atoms with Crippen molar-refractivity contribution in [2.45, 2.75) is 0 Å². The van der Waals surface area contributed by atoms with Crippen LogP contribution in [0.1, 0.15) is 0 Å². The molecule has 32 heavy (non-hydrogen) atoms. The summed E-state index contributed by atoms with van der Waals surface area (Å²) < 4.78 is 0. The minimum Gasteiger partial charge on any atom is -0.507 e. The van der Waals surface area contributed by atoms with Gasteiger partial charge in [-0.05, 0) is 54.6 Å². The fraction of sp³-hybridized carbons (Fsp3) is 0. The third kappa shape index (κ3) is 3.75. The Bertz CT molecular complexity index is 1410. The molecule has 0 amide bonds. The topological polar surface area (TPSA) is 105 Å². The van der Waals surface area contributed by atoms with Gasteiger partial charge < -0.3 is 10.2 Å². The molecule has 4 heterocycles. The molecule has 4 aromatic heterocycles. The van der Waals surface area contributed by atoms with Crippen LogP contribution in [-0.4, -0.2) is 35.1 Å². The lowest BCUT2D eigenvalue weighted by Gasteiger charge is -2.10. The molecule has 7 nitrogen and oxygen atoms in total. The lowest BCUT2D eigenvalue weighted by atomic mass is 10.1. The van der Waals surface area contributed by atoms with Crippen molar-refractivity contribution in [2.24, 2.45) is 0 Å². The summed E-state index contributed by atoms with van der Waals surface area (Å²) in [6.45, 7) is 0. The highest BCUT2D eigenvalue weighted by atomic mass is 16.3. The summed E-state index contributed by atoms with van der Waals surface area (Å²) in [7, 11) is 0. The van der Waals surface area contributed by atoms with Gasteiger partial charge in [0.1, 0.15) is 17.2 Å². The molecular weight excluding hydrogens is 402 g/mol. The number of phenolic OH excluding ortho intramolecular Hbond substituents is 1. The summed E-state index contributed by atoms with van der Waals surface area (Å²) in [6, 6.07) is 23.1. The van der Waals surface area contributed by atoms with Crippen LogP contribution < -0.4 is 0 Å². The van der Waals surface area contributed by atoms with Gasteiger partial charge in [0.05, 0.1) is 28.5 Å². The van der Waals surface area contributed by atoms with E-state index in [1.165, 1.54) is 6.07 Å². The van der Waals surface area contributed by atoms with E-state index in [0.29, 0.717) is 34.0 Å². The van der Waals surface area contributed by atoms with E-state index in [0.717, 1.165) is 0 Å². The molecule has 0 aliphatic heterocycles. The SMILES string of the molecule is Oc1ccccc1-c1cccc(-c2cc(-c3ccccn3)nc(-c3ncccc3O)n2)n1. The Kier molecular flexibility index (Phi) is 4.97. The summed E-state index contributed by atoms with van der Waals surface area (Å²) in [6.07, 6.45) is 3.26. The van der Waals surface area contributed by atoms with Gasteiger partial charge in [-0.15, -0.1) is 0 Å². The van der Waals surface area contributed by atoms with E-state index < -0.39 is 0 Å². The summed E-state index contributed by atoms with van der Waals surface area (Å²) in [4.78, 5) is 22.6. The number of aromatic hydroxyl groups is 2. The summed E-state index contributed by atoms with van der Waals surface area (Å²) >= 11 is 0. The zero-order chi connectivity index (χ0) is 21.9. The summed E-state index contributed by atoms with van der Waals surface area (Å²) in [5.74, 6) is 0.386. The van der Waals surface area contributed by atoms with E-state index in [1.54, 1.807) is 42.7 Å². The zero-order valence-corrected chi connectivity index (χ0v) is 16.8. The van der Waals surface area contributed by atoms with Crippen molar-refractivity contribution >= 4 is 0 Å². The number of rotatable bonds is 4. The average Bonchev–Trinajstić information content (AvgIpc) is 2.85. The number of hydrogen-bond donors (Lipinski definition) is 2. The number of hydrogen-bond acceptors (Lipinski definition) is 7. The lowest BCUT2D eigenvalue weighted by Crippen LogP contribution is -1.99. The first kappa shape index (κ1) is 19.3. The maximum atomic E-state index is 10.3. The molecule has 5 aromatic rings. The molecule has 0 spiro atoms. The molecule has 0 saturated heterocycles. The molecule has 2 N–H and O–H groups in total. The molecule has 7 heteroatoms. The van der Waals surface area contributed by atoms with Gasteiger partial charge in [-0.25, -0.2) is 19.9 Å². The van der Waals surface area contributed by atoms with Crippen LogP contribution in [0, 0.1) is 0 Å². The largest absolute Gasteiger partial charge is 0.507 e. The number of para-hydroxylation sites is 1.